The second-order valence-electron chi connectivity index (χ2n) is 7.27. The summed E-state index contributed by atoms with van der Waals surface area (Å²) in [6, 6.07) is 17.5. The predicted octanol–water partition coefficient (Wildman–Crippen LogP) is 4.96. The third kappa shape index (κ3) is 4.09. The van der Waals surface area contributed by atoms with Crippen LogP contribution in [0.3, 0.4) is 0 Å². The summed E-state index contributed by atoms with van der Waals surface area (Å²) in [5, 5.41) is 4.30. The highest BCUT2D eigenvalue weighted by molar-refractivity contribution is 7.21. The number of anilines is 1. The normalized spacial score (nSPS) is 11.1. The molecule has 0 saturated heterocycles. The quantitative estimate of drug-likeness (QED) is 0.339. The first-order valence-corrected chi connectivity index (χ1v) is 10.9. The van der Waals surface area contributed by atoms with Gasteiger partial charge in [0.2, 0.25) is 0 Å². The minimum absolute atomic E-state index is 0.154. The van der Waals surface area contributed by atoms with Crippen LogP contribution in [-0.4, -0.2) is 25.5 Å². The minimum atomic E-state index is -0.407. The Morgan fingerprint density at radius 3 is 2.73 bits per heavy atom. The molecular formula is C24H24N2O3S. The molecule has 4 rings (SSSR count). The van der Waals surface area contributed by atoms with E-state index in [2.05, 4.69) is 48.3 Å². The van der Waals surface area contributed by atoms with Crippen LogP contribution in [-0.2, 0) is 0 Å². The van der Waals surface area contributed by atoms with Gasteiger partial charge in [0.1, 0.15) is 5.58 Å². The van der Waals surface area contributed by atoms with Gasteiger partial charge in [-0.3, -0.25) is 4.79 Å². The molecule has 0 radical (unpaired) electrons. The van der Waals surface area contributed by atoms with Gasteiger partial charge < -0.3 is 14.6 Å². The highest BCUT2D eigenvalue weighted by Gasteiger charge is 2.15. The number of carbonyl (C=O) groups excluding carboxylic acids is 1. The summed E-state index contributed by atoms with van der Waals surface area (Å²) in [6.45, 7) is 6.57. The summed E-state index contributed by atoms with van der Waals surface area (Å²) in [7, 11) is 0. The van der Waals surface area contributed by atoms with E-state index in [0.717, 1.165) is 29.6 Å². The number of hydrogen-bond donors (Lipinski definition) is 1. The second kappa shape index (κ2) is 8.71. The van der Waals surface area contributed by atoms with Crippen LogP contribution in [0.4, 0.5) is 5.69 Å². The van der Waals surface area contributed by atoms with Crippen molar-refractivity contribution >= 4 is 44.0 Å². The molecule has 1 N–H and O–H groups in total. The van der Waals surface area contributed by atoms with Crippen LogP contribution in [0.5, 0.6) is 0 Å². The van der Waals surface area contributed by atoms with Crippen LogP contribution < -0.4 is 15.8 Å². The van der Waals surface area contributed by atoms with Gasteiger partial charge in [-0.05, 0) is 56.2 Å². The van der Waals surface area contributed by atoms with Crippen LogP contribution in [0.15, 0.2) is 63.8 Å². The number of thiophene rings is 1. The maximum Gasteiger partial charge on any atom is 0.345 e. The zero-order chi connectivity index (χ0) is 21.1. The van der Waals surface area contributed by atoms with E-state index in [0.29, 0.717) is 22.4 Å². The van der Waals surface area contributed by atoms with E-state index < -0.39 is 5.63 Å². The molecule has 0 spiro atoms. The molecule has 0 atom stereocenters. The maximum absolute atomic E-state index is 12.6. The molecule has 2 aromatic heterocycles. The Bertz CT molecular complexity index is 1260. The Morgan fingerprint density at radius 1 is 1.10 bits per heavy atom. The van der Waals surface area contributed by atoms with E-state index in [1.54, 1.807) is 12.1 Å². The molecule has 0 fully saturated rings. The first kappa shape index (κ1) is 20.2. The summed E-state index contributed by atoms with van der Waals surface area (Å²) in [5.41, 5.74) is 2.57. The number of rotatable bonds is 7. The number of fused-ring (bicyclic) bond motifs is 3. The molecule has 5 nitrogen and oxygen atoms in total. The highest BCUT2D eigenvalue weighted by atomic mass is 32.1. The number of para-hydroxylation sites is 1. The predicted molar refractivity (Wildman–Crippen MR) is 124 cm³/mol. The largest absolute Gasteiger partial charge is 0.422 e. The van der Waals surface area contributed by atoms with Gasteiger partial charge >= 0.3 is 5.63 Å². The van der Waals surface area contributed by atoms with Gasteiger partial charge in [-0.1, -0.05) is 24.3 Å². The Hall–Kier alpha value is -3.12. The fraction of sp³-hybridized carbons (Fsp3) is 0.250. The molecule has 6 heteroatoms. The summed E-state index contributed by atoms with van der Waals surface area (Å²) in [6.07, 6.45) is 0.837. The number of hydrogen-bond acceptors (Lipinski definition) is 5. The van der Waals surface area contributed by atoms with Crippen molar-refractivity contribution in [3.05, 3.63) is 75.5 Å². The highest BCUT2D eigenvalue weighted by Crippen LogP contribution is 2.30. The third-order valence-electron chi connectivity index (χ3n) is 5.15. The summed E-state index contributed by atoms with van der Waals surface area (Å²) < 4.78 is 6.16. The number of nitrogens with one attached hydrogen (secondary N) is 1. The summed E-state index contributed by atoms with van der Waals surface area (Å²) in [4.78, 5) is 27.7. The van der Waals surface area contributed by atoms with Gasteiger partial charge in [0.05, 0.1) is 15.0 Å². The van der Waals surface area contributed by atoms with E-state index >= 15 is 0 Å². The molecule has 30 heavy (non-hydrogen) atoms. The van der Waals surface area contributed by atoms with Gasteiger partial charge in [-0.2, -0.15) is 0 Å². The lowest BCUT2D eigenvalue weighted by Gasteiger charge is -2.23. The molecule has 2 aromatic carbocycles. The first-order valence-electron chi connectivity index (χ1n) is 10.1. The van der Waals surface area contributed by atoms with Crippen molar-refractivity contribution < 1.29 is 9.21 Å². The van der Waals surface area contributed by atoms with Crippen LogP contribution >= 0.6 is 11.3 Å². The number of amides is 1. The summed E-state index contributed by atoms with van der Waals surface area (Å²) in [5.74, 6) is -0.154. The molecule has 0 aliphatic heterocycles. The van der Waals surface area contributed by atoms with Crippen molar-refractivity contribution in [3.63, 3.8) is 0 Å². The molecule has 0 aliphatic carbocycles. The van der Waals surface area contributed by atoms with Crippen LogP contribution in [0.1, 0.15) is 28.6 Å². The van der Waals surface area contributed by atoms with Gasteiger partial charge in [-0.25, -0.2) is 4.79 Å². The van der Waals surface area contributed by atoms with Crippen LogP contribution in [0.2, 0.25) is 0 Å². The molecular weight excluding hydrogens is 396 g/mol. The number of nitrogens with zero attached hydrogens (tertiary/aromatic N) is 1. The Balaban J connectivity index is 1.42. The fourth-order valence-electron chi connectivity index (χ4n) is 3.61. The topological polar surface area (TPSA) is 62.6 Å². The lowest BCUT2D eigenvalue weighted by atomic mass is 10.2. The van der Waals surface area contributed by atoms with Gasteiger partial charge in [0.15, 0.2) is 0 Å². The van der Waals surface area contributed by atoms with Gasteiger partial charge in [0, 0.05) is 30.7 Å². The molecule has 0 unspecified atom stereocenters. The molecule has 0 saturated carbocycles. The molecule has 2 heterocycles. The summed E-state index contributed by atoms with van der Waals surface area (Å²) >= 11 is 1.33. The van der Waals surface area contributed by atoms with Gasteiger partial charge in [-0.15, -0.1) is 11.3 Å². The monoisotopic (exact) mass is 420 g/mol. The van der Waals surface area contributed by atoms with Gasteiger partial charge in [0.25, 0.3) is 5.91 Å². The van der Waals surface area contributed by atoms with E-state index in [1.165, 1.54) is 22.6 Å². The van der Waals surface area contributed by atoms with E-state index in [4.69, 9.17) is 4.42 Å². The Kier molecular flexibility index (Phi) is 5.86. The lowest BCUT2D eigenvalue weighted by molar-refractivity contribution is 0.0957. The number of benzene rings is 2. The number of aryl methyl sites for hydroxylation is 1. The Morgan fingerprint density at radius 2 is 1.93 bits per heavy atom. The Labute approximate surface area is 178 Å². The average Bonchev–Trinajstić information content (AvgIpc) is 3.20. The SMILES string of the molecule is CCN(CCCNC(=O)c1cc2c(=O)oc3ccccc3c2s1)c1cccc(C)c1. The third-order valence-corrected chi connectivity index (χ3v) is 6.32. The fourth-order valence-corrected chi connectivity index (χ4v) is 4.70. The molecule has 4 aromatic rings. The van der Waals surface area contributed by atoms with E-state index in [1.807, 2.05) is 18.2 Å². The molecule has 1 amide bonds. The molecule has 0 bridgehead atoms. The van der Waals surface area contributed by atoms with Crippen LogP contribution in [0, 0.1) is 6.92 Å². The second-order valence-corrected chi connectivity index (χ2v) is 8.32. The van der Waals surface area contributed by atoms with Crippen molar-refractivity contribution in [1.82, 2.24) is 5.32 Å². The van der Waals surface area contributed by atoms with E-state index in [9.17, 15) is 9.59 Å². The molecule has 154 valence electrons. The zero-order valence-electron chi connectivity index (χ0n) is 17.1. The van der Waals surface area contributed by atoms with Crippen molar-refractivity contribution in [2.75, 3.05) is 24.5 Å². The minimum Gasteiger partial charge on any atom is -0.422 e. The van der Waals surface area contributed by atoms with Crippen molar-refractivity contribution in [2.24, 2.45) is 0 Å². The number of carbonyl (C=O) groups is 1. The van der Waals surface area contributed by atoms with Crippen LogP contribution in [0.25, 0.3) is 21.1 Å². The lowest BCUT2D eigenvalue weighted by Crippen LogP contribution is -2.29. The molecule has 0 aliphatic rings. The smallest absolute Gasteiger partial charge is 0.345 e. The van der Waals surface area contributed by atoms with Crippen molar-refractivity contribution in [3.8, 4) is 0 Å². The van der Waals surface area contributed by atoms with E-state index in [-0.39, 0.29) is 5.91 Å². The van der Waals surface area contributed by atoms with Crippen molar-refractivity contribution in [2.45, 2.75) is 20.3 Å². The average molecular weight is 421 g/mol. The first-order chi connectivity index (χ1) is 14.6. The standard InChI is InChI=1S/C24H24N2O3S/c1-3-26(17-9-6-8-16(2)14-17)13-7-12-25-23(27)21-15-19-22(30-21)18-10-4-5-11-20(18)29-24(19)28/h4-6,8-11,14-15H,3,7,12-13H2,1-2H3,(H,25,27). The van der Waals surface area contributed by atoms with Crippen molar-refractivity contribution in [1.29, 1.82) is 0 Å². The maximum atomic E-state index is 12.6. The zero-order valence-corrected chi connectivity index (χ0v) is 17.9.